The second-order valence-electron chi connectivity index (χ2n) is 3.11. The zero-order chi connectivity index (χ0) is 9.84. The molecule has 0 aliphatic carbocycles. The first kappa shape index (κ1) is 10.1. The highest BCUT2D eigenvalue weighted by Crippen LogP contribution is 2.14. The molecule has 3 heteroatoms. The molecule has 1 N–H and O–H groups in total. The summed E-state index contributed by atoms with van der Waals surface area (Å²) in [7, 11) is 0. The van der Waals surface area contributed by atoms with Crippen LogP contribution in [0.3, 0.4) is 0 Å². The lowest BCUT2D eigenvalue weighted by molar-refractivity contribution is 0.0943. The van der Waals surface area contributed by atoms with E-state index in [4.69, 9.17) is 11.6 Å². The molecule has 0 aliphatic rings. The van der Waals surface area contributed by atoms with Crippen molar-refractivity contribution in [1.29, 1.82) is 0 Å². The second-order valence-corrected chi connectivity index (χ2v) is 3.52. The topological polar surface area (TPSA) is 29.1 Å². The summed E-state index contributed by atoms with van der Waals surface area (Å²) in [6.07, 6.45) is 0. The summed E-state index contributed by atoms with van der Waals surface area (Å²) in [5.41, 5.74) is 0.526. The van der Waals surface area contributed by atoms with Crippen molar-refractivity contribution in [2.24, 2.45) is 0 Å². The first-order valence-corrected chi connectivity index (χ1v) is 4.54. The predicted molar refractivity (Wildman–Crippen MR) is 54.1 cm³/mol. The van der Waals surface area contributed by atoms with Gasteiger partial charge >= 0.3 is 0 Å². The summed E-state index contributed by atoms with van der Waals surface area (Å²) in [4.78, 5) is 11.5. The molecular weight excluding hydrogens is 186 g/mol. The highest BCUT2D eigenvalue weighted by Gasteiger charge is 2.09. The molecule has 1 amide bonds. The molecule has 0 spiro atoms. The Hall–Kier alpha value is -1.02. The SMILES string of the molecule is CC(C)NC(=O)c1ccccc1Cl. The Balaban J connectivity index is 2.83. The van der Waals surface area contributed by atoms with Gasteiger partial charge in [0.2, 0.25) is 0 Å². The molecule has 0 saturated heterocycles. The number of nitrogens with one attached hydrogen (secondary N) is 1. The van der Waals surface area contributed by atoms with Crippen LogP contribution in [0.15, 0.2) is 24.3 Å². The monoisotopic (exact) mass is 197 g/mol. The lowest BCUT2D eigenvalue weighted by atomic mass is 10.2. The van der Waals surface area contributed by atoms with Crippen molar-refractivity contribution in [3.8, 4) is 0 Å². The quantitative estimate of drug-likeness (QED) is 0.776. The minimum absolute atomic E-state index is 0.124. The van der Waals surface area contributed by atoms with Crippen molar-refractivity contribution in [2.45, 2.75) is 19.9 Å². The van der Waals surface area contributed by atoms with E-state index in [0.717, 1.165) is 0 Å². The summed E-state index contributed by atoms with van der Waals surface area (Å²) in [5, 5.41) is 3.26. The predicted octanol–water partition coefficient (Wildman–Crippen LogP) is 2.48. The molecule has 0 heterocycles. The average molecular weight is 198 g/mol. The standard InChI is InChI=1S/C10H12ClNO/c1-7(2)12-10(13)8-5-3-4-6-9(8)11/h3-7H,1-2H3,(H,12,13). The molecule has 0 radical (unpaired) electrons. The third-order valence-electron chi connectivity index (χ3n) is 1.54. The van der Waals surface area contributed by atoms with Gasteiger partial charge in [-0.1, -0.05) is 23.7 Å². The summed E-state index contributed by atoms with van der Waals surface area (Å²) in [6.45, 7) is 3.82. The lowest BCUT2D eigenvalue weighted by Gasteiger charge is -2.08. The molecule has 0 saturated carbocycles. The van der Waals surface area contributed by atoms with Gasteiger partial charge in [0.15, 0.2) is 0 Å². The molecular formula is C10H12ClNO. The Morgan fingerprint density at radius 1 is 1.38 bits per heavy atom. The number of amides is 1. The highest BCUT2D eigenvalue weighted by molar-refractivity contribution is 6.33. The maximum absolute atomic E-state index is 11.5. The Morgan fingerprint density at radius 3 is 2.54 bits per heavy atom. The van der Waals surface area contributed by atoms with E-state index in [1.807, 2.05) is 13.8 Å². The number of halogens is 1. The van der Waals surface area contributed by atoms with E-state index in [-0.39, 0.29) is 11.9 Å². The normalized spacial score (nSPS) is 10.2. The van der Waals surface area contributed by atoms with E-state index in [2.05, 4.69) is 5.32 Å². The summed E-state index contributed by atoms with van der Waals surface area (Å²) >= 11 is 5.84. The van der Waals surface area contributed by atoms with E-state index >= 15 is 0 Å². The van der Waals surface area contributed by atoms with Gasteiger partial charge in [-0.05, 0) is 26.0 Å². The second kappa shape index (κ2) is 4.28. The molecule has 0 unspecified atom stereocenters. The first-order chi connectivity index (χ1) is 6.11. The molecule has 1 aromatic carbocycles. The van der Waals surface area contributed by atoms with E-state index in [0.29, 0.717) is 10.6 Å². The van der Waals surface area contributed by atoms with Crippen LogP contribution in [0.4, 0.5) is 0 Å². The number of carbonyl (C=O) groups excluding carboxylic acids is 1. The average Bonchev–Trinajstić information content (AvgIpc) is 2.03. The van der Waals surface area contributed by atoms with Gasteiger partial charge in [0.1, 0.15) is 0 Å². The Bertz CT molecular complexity index is 310. The minimum atomic E-state index is -0.124. The molecule has 1 aromatic rings. The molecule has 0 aliphatic heterocycles. The summed E-state index contributed by atoms with van der Waals surface area (Å²) in [5.74, 6) is -0.124. The fourth-order valence-electron chi connectivity index (χ4n) is 0.985. The van der Waals surface area contributed by atoms with E-state index in [9.17, 15) is 4.79 Å². The van der Waals surface area contributed by atoms with Crippen LogP contribution in [0.1, 0.15) is 24.2 Å². The molecule has 0 atom stereocenters. The van der Waals surface area contributed by atoms with Gasteiger partial charge in [0.25, 0.3) is 5.91 Å². The zero-order valence-electron chi connectivity index (χ0n) is 7.67. The molecule has 0 bridgehead atoms. The van der Waals surface area contributed by atoms with Crippen molar-refractivity contribution in [2.75, 3.05) is 0 Å². The van der Waals surface area contributed by atoms with Crippen LogP contribution < -0.4 is 5.32 Å². The third kappa shape index (κ3) is 2.74. The van der Waals surface area contributed by atoms with Gasteiger partial charge in [0, 0.05) is 6.04 Å². The van der Waals surface area contributed by atoms with Crippen LogP contribution in [0.2, 0.25) is 5.02 Å². The van der Waals surface area contributed by atoms with Gasteiger partial charge in [-0.2, -0.15) is 0 Å². The minimum Gasteiger partial charge on any atom is -0.350 e. The number of rotatable bonds is 2. The molecule has 0 aromatic heterocycles. The van der Waals surface area contributed by atoms with Crippen LogP contribution in [0.5, 0.6) is 0 Å². The number of benzene rings is 1. The zero-order valence-corrected chi connectivity index (χ0v) is 8.43. The van der Waals surface area contributed by atoms with Crippen molar-refractivity contribution in [1.82, 2.24) is 5.32 Å². The lowest BCUT2D eigenvalue weighted by Crippen LogP contribution is -2.30. The number of hydrogen-bond donors (Lipinski definition) is 1. The fourth-order valence-corrected chi connectivity index (χ4v) is 1.21. The van der Waals surface area contributed by atoms with Crippen LogP contribution in [-0.4, -0.2) is 11.9 Å². The molecule has 13 heavy (non-hydrogen) atoms. The van der Waals surface area contributed by atoms with Gasteiger partial charge in [-0.25, -0.2) is 0 Å². The maximum Gasteiger partial charge on any atom is 0.252 e. The van der Waals surface area contributed by atoms with Crippen molar-refractivity contribution < 1.29 is 4.79 Å². The van der Waals surface area contributed by atoms with E-state index < -0.39 is 0 Å². The van der Waals surface area contributed by atoms with Crippen LogP contribution in [0.25, 0.3) is 0 Å². The smallest absolute Gasteiger partial charge is 0.252 e. The van der Waals surface area contributed by atoms with Crippen LogP contribution in [0, 0.1) is 0 Å². The van der Waals surface area contributed by atoms with Crippen molar-refractivity contribution in [3.05, 3.63) is 34.9 Å². The molecule has 1 rings (SSSR count). The van der Waals surface area contributed by atoms with E-state index in [1.54, 1.807) is 24.3 Å². The molecule has 0 fully saturated rings. The van der Waals surface area contributed by atoms with Crippen LogP contribution >= 0.6 is 11.6 Å². The number of carbonyl (C=O) groups is 1. The summed E-state index contributed by atoms with van der Waals surface area (Å²) in [6, 6.07) is 7.13. The third-order valence-corrected chi connectivity index (χ3v) is 1.87. The van der Waals surface area contributed by atoms with Gasteiger partial charge < -0.3 is 5.32 Å². The first-order valence-electron chi connectivity index (χ1n) is 4.16. The van der Waals surface area contributed by atoms with Crippen molar-refractivity contribution in [3.63, 3.8) is 0 Å². The van der Waals surface area contributed by atoms with Gasteiger partial charge in [-0.15, -0.1) is 0 Å². The maximum atomic E-state index is 11.5. The Morgan fingerprint density at radius 2 is 2.00 bits per heavy atom. The summed E-state index contributed by atoms with van der Waals surface area (Å²) < 4.78 is 0. The highest BCUT2D eigenvalue weighted by atomic mass is 35.5. The Kier molecular flexibility index (Phi) is 3.32. The van der Waals surface area contributed by atoms with E-state index in [1.165, 1.54) is 0 Å². The molecule has 70 valence electrons. The van der Waals surface area contributed by atoms with Crippen LogP contribution in [-0.2, 0) is 0 Å². The van der Waals surface area contributed by atoms with Gasteiger partial charge in [-0.3, -0.25) is 4.79 Å². The number of hydrogen-bond acceptors (Lipinski definition) is 1. The Labute approximate surface area is 82.9 Å². The van der Waals surface area contributed by atoms with Gasteiger partial charge in [0.05, 0.1) is 10.6 Å². The fraction of sp³-hybridized carbons (Fsp3) is 0.300. The largest absolute Gasteiger partial charge is 0.350 e. The van der Waals surface area contributed by atoms with Crippen molar-refractivity contribution >= 4 is 17.5 Å². The molecule has 2 nitrogen and oxygen atoms in total.